The molecule has 4 nitrogen and oxygen atoms in total. The van der Waals surface area contributed by atoms with E-state index >= 15 is 0 Å². The van der Waals surface area contributed by atoms with Gasteiger partial charge in [-0.05, 0) is 47.1 Å². The Balaban J connectivity index is 2.39. The second kappa shape index (κ2) is 5.76. The van der Waals surface area contributed by atoms with Crippen molar-refractivity contribution in [3.8, 4) is 11.5 Å². The molecule has 0 aromatic heterocycles. The van der Waals surface area contributed by atoms with E-state index in [9.17, 15) is 14.5 Å². The van der Waals surface area contributed by atoms with E-state index in [1.54, 1.807) is 6.92 Å². The van der Waals surface area contributed by atoms with E-state index in [-0.39, 0.29) is 22.2 Å². The van der Waals surface area contributed by atoms with E-state index in [1.807, 2.05) is 0 Å². The maximum absolute atomic E-state index is 13.6. The number of nitrogens with zero attached hydrogens (tertiary/aromatic N) is 1. The molecule has 0 spiro atoms. The average Bonchev–Trinajstić information content (AvgIpc) is 2.36. The Kier molecular flexibility index (Phi) is 4.25. The molecule has 0 unspecified atom stereocenters. The van der Waals surface area contributed by atoms with Gasteiger partial charge in [-0.15, -0.1) is 0 Å². The Hall–Kier alpha value is -1.66. The first-order valence-electron chi connectivity index (χ1n) is 5.46. The first-order chi connectivity index (χ1) is 9.38. The van der Waals surface area contributed by atoms with Gasteiger partial charge in [0.05, 0.1) is 9.40 Å². The minimum atomic E-state index is -0.611. The summed E-state index contributed by atoms with van der Waals surface area (Å²) in [6, 6.07) is 6.80. The fourth-order valence-corrected chi connectivity index (χ4v) is 2.17. The predicted molar refractivity (Wildman–Crippen MR) is 77.0 cm³/mol. The molecule has 2 aromatic carbocycles. The fraction of sp³-hybridized carbons (Fsp3) is 0.0769. The highest BCUT2D eigenvalue weighted by molar-refractivity contribution is 9.10. The number of ether oxygens (including phenoxy) is 1. The van der Waals surface area contributed by atoms with Crippen LogP contribution in [0.4, 0.5) is 10.1 Å². The molecule has 0 fully saturated rings. The summed E-state index contributed by atoms with van der Waals surface area (Å²) in [7, 11) is 0. The van der Waals surface area contributed by atoms with E-state index in [1.165, 1.54) is 24.3 Å². The SMILES string of the molecule is Cc1cc(Oc2ccc(Cl)cc2F)c(Br)cc1[N+](=O)[O-]. The molecule has 0 heterocycles. The zero-order chi connectivity index (χ0) is 14.9. The molecule has 0 bridgehead atoms. The maximum atomic E-state index is 13.6. The van der Waals surface area contributed by atoms with Crippen LogP contribution in [0.1, 0.15) is 5.56 Å². The molecular weight excluding hydrogens is 353 g/mol. The summed E-state index contributed by atoms with van der Waals surface area (Å²) in [4.78, 5) is 10.3. The lowest BCUT2D eigenvalue weighted by Gasteiger charge is -2.10. The molecule has 2 rings (SSSR count). The van der Waals surface area contributed by atoms with Crippen molar-refractivity contribution in [1.29, 1.82) is 0 Å². The van der Waals surface area contributed by atoms with E-state index in [0.717, 1.165) is 6.07 Å². The molecule has 0 aliphatic rings. The normalized spacial score (nSPS) is 10.4. The fourth-order valence-electron chi connectivity index (χ4n) is 1.60. The van der Waals surface area contributed by atoms with Crippen LogP contribution in [0.15, 0.2) is 34.8 Å². The quantitative estimate of drug-likeness (QED) is 0.555. The van der Waals surface area contributed by atoms with Crippen molar-refractivity contribution in [2.45, 2.75) is 6.92 Å². The minimum Gasteiger partial charge on any atom is -0.453 e. The molecule has 0 N–H and O–H groups in total. The standard InChI is InChI=1S/C13H8BrClFNO3/c1-7-4-13(9(14)6-11(7)17(18)19)20-12-3-2-8(15)5-10(12)16/h2-6H,1H3. The number of benzene rings is 2. The van der Waals surface area contributed by atoms with Crippen LogP contribution in [0.3, 0.4) is 0 Å². The summed E-state index contributed by atoms with van der Waals surface area (Å²) in [6.07, 6.45) is 0. The number of hydrogen-bond donors (Lipinski definition) is 0. The molecular formula is C13H8BrClFNO3. The second-order valence-electron chi connectivity index (χ2n) is 4.00. The van der Waals surface area contributed by atoms with Gasteiger partial charge in [0, 0.05) is 16.7 Å². The summed E-state index contributed by atoms with van der Waals surface area (Å²) in [5, 5.41) is 11.1. The third-order valence-electron chi connectivity index (χ3n) is 2.56. The van der Waals surface area contributed by atoms with Crippen molar-refractivity contribution in [2.75, 3.05) is 0 Å². The van der Waals surface area contributed by atoms with Crippen molar-refractivity contribution in [2.24, 2.45) is 0 Å². The highest BCUT2D eigenvalue weighted by atomic mass is 79.9. The lowest BCUT2D eigenvalue weighted by Crippen LogP contribution is -1.95. The highest BCUT2D eigenvalue weighted by Gasteiger charge is 2.16. The number of nitro benzene ring substituents is 1. The Bertz CT molecular complexity index is 694. The molecule has 0 radical (unpaired) electrons. The number of halogens is 3. The van der Waals surface area contributed by atoms with Crippen LogP contribution < -0.4 is 4.74 Å². The molecule has 7 heteroatoms. The van der Waals surface area contributed by atoms with Crippen molar-refractivity contribution < 1.29 is 14.1 Å². The first kappa shape index (κ1) is 14.7. The van der Waals surface area contributed by atoms with Gasteiger partial charge in [-0.1, -0.05) is 11.6 Å². The van der Waals surface area contributed by atoms with E-state index in [2.05, 4.69) is 15.9 Å². The van der Waals surface area contributed by atoms with Crippen molar-refractivity contribution in [1.82, 2.24) is 0 Å². The van der Waals surface area contributed by atoms with Crippen LogP contribution in [-0.2, 0) is 0 Å². The molecule has 0 aliphatic carbocycles. The Labute approximate surface area is 127 Å². The van der Waals surface area contributed by atoms with Crippen LogP contribution in [0.25, 0.3) is 0 Å². The van der Waals surface area contributed by atoms with Crippen LogP contribution >= 0.6 is 27.5 Å². The number of rotatable bonds is 3. The molecule has 0 saturated heterocycles. The van der Waals surface area contributed by atoms with Gasteiger partial charge in [-0.25, -0.2) is 4.39 Å². The zero-order valence-electron chi connectivity index (χ0n) is 10.2. The third-order valence-corrected chi connectivity index (χ3v) is 3.42. The lowest BCUT2D eigenvalue weighted by molar-refractivity contribution is -0.385. The van der Waals surface area contributed by atoms with Crippen molar-refractivity contribution in [3.05, 3.63) is 61.3 Å². The summed E-state index contributed by atoms with van der Waals surface area (Å²) < 4.78 is 19.4. The molecule has 2 aromatic rings. The van der Waals surface area contributed by atoms with E-state index < -0.39 is 10.7 Å². The molecule has 0 amide bonds. The van der Waals surface area contributed by atoms with Crippen molar-refractivity contribution >= 4 is 33.2 Å². The molecule has 104 valence electrons. The third kappa shape index (κ3) is 3.08. The van der Waals surface area contributed by atoms with Gasteiger partial charge in [-0.3, -0.25) is 10.1 Å². The van der Waals surface area contributed by atoms with Gasteiger partial charge in [0.15, 0.2) is 11.6 Å². The van der Waals surface area contributed by atoms with Crippen LogP contribution in [-0.4, -0.2) is 4.92 Å². The summed E-state index contributed by atoms with van der Waals surface area (Å²) >= 11 is 8.82. The first-order valence-corrected chi connectivity index (χ1v) is 6.63. The van der Waals surface area contributed by atoms with Crippen LogP contribution in [0.2, 0.25) is 5.02 Å². The van der Waals surface area contributed by atoms with Gasteiger partial charge in [-0.2, -0.15) is 0 Å². The highest BCUT2D eigenvalue weighted by Crippen LogP contribution is 2.36. The number of nitro groups is 1. The van der Waals surface area contributed by atoms with Gasteiger partial charge in [0.1, 0.15) is 5.75 Å². The van der Waals surface area contributed by atoms with Crippen LogP contribution in [0.5, 0.6) is 11.5 Å². The van der Waals surface area contributed by atoms with E-state index in [0.29, 0.717) is 10.0 Å². The van der Waals surface area contributed by atoms with Crippen molar-refractivity contribution in [3.63, 3.8) is 0 Å². The van der Waals surface area contributed by atoms with Crippen LogP contribution in [0, 0.1) is 22.9 Å². The summed E-state index contributed by atoms with van der Waals surface area (Å²) in [6.45, 7) is 1.58. The lowest BCUT2D eigenvalue weighted by atomic mass is 10.2. The topological polar surface area (TPSA) is 52.4 Å². The monoisotopic (exact) mass is 359 g/mol. The van der Waals surface area contributed by atoms with Gasteiger partial charge in [0.2, 0.25) is 0 Å². The maximum Gasteiger partial charge on any atom is 0.273 e. The molecule has 0 atom stereocenters. The zero-order valence-corrected chi connectivity index (χ0v) is 12.5. The Morgan fingerprint density at radius 2 is 2.00 bits per heavy atom. The molecule has 20 heavy (non-hydrogen) atoms. The Morgan fingerprint density at radius 1 is 1.30 bits per heavy atom. The molecule has 0 saturated carbocycles. The Morgan fingerprint density at radius 3 is 2.60 bits per heavy atom. The summed E-state index contributed by atoms with van der Waals surface area (Å²) in [5.74, 6) is -0.335. The largest absolute Gasteiger partial charge is 0.453 e. The smallest absolute Gasteiger partial charge is 0.273 e. The predicted octanol–water partition coefficient (Wildman–Crippen LogP) is 5.25. The summed E-state index contributed by atoms with van der Waals surface area (Å²) in [5.41, 5.74) is 0.378. The van der Waals surface area contributed by atoms with Gasteiger partial charge < -0.3 is 4.74 Å². The molecule has 0 aliphatic heterocycles. The van der Waals surface area contributed by atoms with E-state index in [4.69, 9.17) is 16.3 Å². The van der Waals surface area contributed by atoms with Gasteiger partial charge in [0.25, 0.3) is 5.69 Å². The number of aryl methyl sites for hydroxylation is 1. The second-order valence-corrected chi connectivity index (χ2v) is 5.29. The minimum absolute atomic E-state index is 0.0108. The van der Waals surface area contributed by atoms with Gasteiger partial charge >= 0.3 is 0 Å². The number of hydrogen-bond acceptors (Lipinski definition) is 3. The average molecular weight is 361 g/mol.